The van der Waals surface area contributed by atoms with Crippen molar-refractivity contribution in [3.05, 3.63) is 48.3 Å². The zero-order chi connectivity index (χ0) is 15.1. The number of hydrogen-bond donors (Lipinski definition) is 1. The summed E-state index contributed by atoms with van der Waals surface area (Å²) in [5, 5.41) is 8.46. The van der Waals surface area contributed by atoms with Gasteiger partial charge in [-0.15, -0.1) is 0 Å². The summed E-state index contributed by atoms with van der Waals surface area (Å²) in [4.78, 5) is 2.04. The van der Waals surface area contributed by atoms with E-state index in [4.69, 9.17) is 12.2 Å². The van der Waals surface area contributed by atoms with E-state index in [2.05, 4.69) is 17.3 Å². The normalized spacial score (nSPS) is 10.4. The Labute approximate surface area is 131 Å². The van der Waals surface area contributed by atoms with Crippen LogP contribution >= 0.6 is 12.2 Å². The van der Waals surface area contributed by atoms with Gasteiger partial charge in [0, 0.05) is 31.9 Å². The van der Waals surface area contributed by atoms with Gasteiger partial charge in [0.1, 0.15) is 0 Å². The lowest BCUT2D eigenvalue weighted by Gasteiger charge is -2.20. The molecule has 0 saturated heterocycles. The van der Waals surface area contributed by atoms with Crippen molar-refractivity contribution >= 4 is 17.3 Å². The third kappa shape index (κ3) is 4.56. The second-order valence-corrected chi connectivity index (χ2v) is 5.46. The Morgan fingerprint density at radius 2 is 2.10 bits per heavy atom. The zero-order valence-electron chi connectivity index (χ0n) is 12.6. The van der Waals surface area contributed by atoms with Gasteiger partial charge >= 0.3 is 0 Å². The van der Waals surface area contributed by atoms with Crippen molar-refractivity contribution in [3.8, 4) is 5.69 Å². The number of rotatable bonds is 6. The predicted molar refractivity (Wildman–Crippen MR) is 90.5 cm³/mol. The van der Waals surface area contributed by atoms with E-state index in [0.717, 1.165) is 35.9 Å². The summed E-state index contributed by atoms with van der Waals surface area (Å²) >= 11 is 5.38. The first-order chi connectivity index (χ1) is 10.2. The lowest BCUT2D eigenvalue weighted by atomic mass is 10.3. The number of nitrogens with one attached hydrogen (secondary N) is 1. The number of aromatic nitrogens is 2. The molecule has 1 aromatic heterocycles. The van der Waals surface area contributed by atoms with Gasteiger partial charge in [-0.05, 0) is 30.8 Å². The zero-order valence-corrected chi connectivity index (χ0v) is 13.4. The molecule has 4 nitrogen and oxygen atoms in total. The van der Waals surface area contributed by atoms with Crippen LogP contribution in [0.1, 0.15) is 25.3 Å². The standard InChI is InChI=1S/C16H22N4S/c1-3-4-10-17-16(21)19(2)12-14-11-18-20(13-14)15-8-6-5-7-9-15/h5-9,11,13H,3-4,10,12H2,1-2H3,(H,17,21). The van der Waals surface area contributed by atoms with E-state index in [0.29, 0.717) is 0 Å². The highest BCUT2D eigenvalue weighted by Gasteiger charge is 2.07. The van der Waals surface area contributed by atoms with Crippen molar-refractivity contribution in [2.24, 2.45) is 0 Å². The van der Waals surface area contributed by atoms with Crippen molar-refractivity contribution in [1.82, 2.24) is 20.0 Å². The van der Waals surface area contributed by atoms with Crippen LogP contribution in [0.2, 0.25) is 0 Å². The summed E-state index contributed by atoms with van der Waals surface area (Å²) in [6.45, 7) is 3.86. The van der Waals surface area contributed by atoms with Gasteiger partial charge in [0.05, 0.1) is 11.9 Å². The summed E-state index contributed by atoms with van der Waals surface area (Å²) < 4.78 is 1.89. The predicted octanol–water partition coefficient (Wildman–Crippen LogP) is 2.98. The summed E-state index contributed by atoms with van der Waals surface area (Å²) in [7, 11) is 2.00. The number of nitrogens with zero attached hydrogens (tertiary/aromatic N) is 3. The molecular formula is C16H22N4S. The summed E-state index contributed by atoms with van der Waals surface area (Å²) in [6.07, 6.45) is 6.24. The Balaban J connectivity index is 1.91. The van der Waals surface area contributed by atoms with Crippen LogP contribution in [-0.4, -0.2) is 33.4 Å². The maximum atomic E-state index is 5.38. The van der Waals surface area contributed by atoms with E-state index in [1.807, 2.05) is 59.4 Å². The molecule has 21 heavy (non-hydrogen) atoms. The number of benzene rings is 1. The van der Waals surface area contributed by atoms with Crippen LogP contribution in [-0.2, 0) is 6.54 Å². The number of hydrogen-bond acceptors (Lipinski definition) is 2. The Morgan fingerprint density at radius 3 is 2.81 bits per heavy atom. The minimum atomic E-state index is 0.755. The molecule has 1 aromatic carbocycles. The number of thiocarbonyl (C=S) groups is 1. The molecular weight excluding hydrogens is 280 g/mol. The van der Waals surface area contributed by atoms with Crippen LogP contribution in [0.5, 0.6) is 0 Å². The van der Waals surface area contributed by atoms with E-state index < -0.39 is 0 Å². The average Bonchev–Trinajstić information content (AvgIpc) is 2.97. The van der Waals surface area contributed by atoms with Crippen LogP contribution in [0.25, 0.3) is 5.69 Å². The largest absolute Gasteiger partial charge is 0.363 e. The maximum Gasteiger partial charge on any atom is 0.168 e. The van der Waals surface area contributed by atoms with E-state index >= 15 is 0 Å². The molecule has 0 bridgehead atoms. The van der Waals surface area contributed by atoms with Crippen LogP contribution in [0.4, 0.5) is 0 Å². The first kappa shape index (κ1) is 15.5. The van der Waals surface area contributed by atoms with Crippen LogP contribution < -0.4 is 5.32 Å². The molecule has 0 fully saturated rings. The fourth-order valence-electron chi connectivity index (χ4n) is 2.02. The molecule has 2 aromatic rings. The third-order valence-electron chi connectivity index (χ3n) is 3.23. The molecule has 0 spiro atoms. The fraction of sp³-hybridized carbons (Fsp3) is 0.375. The Bertz CT molecular complexity index is 565. The smallest absolute Gasteiger partial charge is 0.168 e. The second-order valence-electron chi connectivity index (χ2n) is 5.07. The van der Waals surface area contributed by atoms with Gasteiger partial charge in [-0.1, -0.05) is 31.5 Å². The van der Waals surface area contributed by atoms with Crippen molar-refractivity contribution in [1.29, 1.82) is 0 Å². The molecule has 0 radical (unpaired) electrons. The molecule has 0 aliphatic rings. The third-order valence-corrected chi connectivity index (χ3v) is 3.69. The van der Waals surface area contributed by atoms with Crippen molar-refractivity contribution in [2.75, 3.05) is 13.6 Å². The summed E-state index contributed by atoms with van der Waals surface area (Å²) in [6, 6.07) is 10.1. The molecule has 0 aliphatic carbocycles. The summed E-state index contributed by atoms with van der Waals surface area (Å²) in [5.74, 6) is 0. The highest BCUT2D eigenvalue weighted by atomic mass is 32.1. The van der Waals surface area contributed by atoms with Crippen molar-refractivity contribution < 1.29 is 0 Å². The SMILES string of the molecule is CCCCNC(=S)N(C)Cc1cnn(-c2ccccc2)c1. The highest BCUT2D eigenvalue weighted by Crippen LogP contribution is 2.09. The van der Waals surface area contributed by atoms with Gasteiger partial charge in [-0.2, -0.15) is 5.10 Å². The molecule has 0 saturated carbocycles. The lowest BCUT2D eigenvalue weighted by Crippen LogP contribution is -2.36. The van der Waals surface area contributed by atoms with Gasteiger partial charge < -0.3 is 10.2 Å². The molecule has 5 heteroatoms. The quantitative estimate of drug-likeness (QED) is 0.657. The Hall–Kier alpha value is -1.88. The van der Waals surface area contributed by atoms with Crippen molar-refractivity contribution in [3.63, 3.8) is 0 Å². The van der Waals surface area contributed by atoms with Gasteiger partial charge in [0.2, 0.25) is 0 Å². The van der Waals surface area contributed by atoms with Crippen LogP contribution in [0.15, 0.2) is 42.7 Å². The average molecular weight is 302 g/mol. The van der Waals surface area contributed by atoms with Gasteiger partial charge in [-0.25, -0.2) is 4.68 Å². The molecule has 1 heterocycles. The van der Waals surface area contributed by atoms with E-state index in [9.17, 15) is 0 Å². The molecule has 0 aliphatic heterocycles. The van der Waals surface area contributed by atoms with Gasteiger partial charge in [0.25, 0.3) is 0 Å². The molecule has 2 rings (SSSR count). The second kappa shape index (κ2) is 7.78. The molecule has 1 N–H and O–H groups in total. The van der Waals surface area contributed by atoms with Crippen LogP contribution in [0, 0.1) is 0 Å². The molecule has 0 unspecified atom stereocenters. The Kier molecular flexibility index (Phi) is 5.75. The van der Waals surface area contributed by atoms with Gasteiger partial charge in [-0.3, -0.25) is 0 Å². The van der Waals surface area contributed by atoms with Gasteiger partial charge in [0.15, 0.2) is 5.11 Å². The molecule has 0 atom stereocenters. The van der Waals surface area contributed by atoms with E-state index in [-0.39, 0.29) is 0 Å². The maximum absolute atomic E-state index is 5.38. The summed E-state index contributed by atoms with van der Waals surface area (Å²) in [5.41, 5.74) is 2.20. The fourth-order valence-corrected chi connectivity index (χ4v) is 2.18. The number of para-hydroxylation sites is 1. The molecule has 112 valence electrons. The highest BCUT2D eigenvalue weighted by molar-refractivity contribution is 7.80. The van der Waals surface area contributed by atoms with Crippen molar-refractivity contribution in [2.45, 2.75) is 26.3 Å². The Morgan fingerprint density at radius 1 is 1.33 bits per heavy atom. The topological polar surface area (TPSA) is 33.1 Å². The van der Waals surface area contributed by atoms with E-state index in [1.165, 1.54) is 6.42 Å². The lowest BCUT2D eigenvalue weighted by molar-refractivity contribution is 0.487. The first-order valence-corrected chi connectivity index (χ1v) is 7.69. The monoisotopic (exact) mass is 302 g/mol. The van der Waals surface area contributed by atoms with E-state index in [1.54, 1.807) is 0 Å². The number of unbranched alkanes of at least 4 members (excludes halogenated alkanes) is 1. The molecule has 0 amide bonds. The minimum absolute atomic E-state index is 0.755. The van der Waals surface area contributed by atoms with Crippen LogP contribution in [0.3, 0.4) is 0 Å². The minimum Gasteiger partial charge on any atom is -0.363 e. The first-order valence-electron chi connectivity index (χ1n) is 7.28.